The van der Waals surface area contributed by atoms with Crippen LogP contribution in [0.1, 0.15) is 18.6 Å². The van der Waals surface area contributed by atoms with Gasteiger partial charge in [0.25, 0.3) is 0 Å². The van der Waals surface area contributed by atoms with Crippen molar-refractivity contribution < 1.29 is 27.8 Å². The predicted molar refractivity (Wildman–Crippen MR) is 50.3 cm³/mol. The molecule has 6 heteroatoms. The maximum atomic E-state index is 11.9. The Morgan fingerprint density at radius 3 is 2.38 bits per heavy atom. The zero-order valence-corrected chi connectivity index (χ0v) is 8.71. The highest BCUT2D eigenvalue weighted by Crippen LogP contribution is 2.31. The summed E-state index contributed by atoms with van der Waals surface area (Å²) in [6.45, 7) is 1.43. The summed E-state index contributed by atoms with van der Waals surface area (Å²) in [6.07, 6.45) is -5.68. The third kappa shape index (κ3) is 3.30. The number of alkyl halides is 3. The minimum Gasteiger partial charge on any atom is -0.496 e. The molecule has 0 bridgehead atoms. The molecular formula is C10H11F3O3. The maximum Gasteiger partial charge on any atom is 0.573 e. The first-order valence-corrected chi connectivity index (χ1v) is 4.45. The van der Waals surface area contributed by atoms with Crippen LogP contribution < -0.4 is 9.47 Å². The second-order valence-electron chi connectivity index (χ2n) is 3.13. The van der Waals surface area contributed by atoms with Gasteiger partial charge in [-0.25, -0.2) is 0 Å². The maximum absolute atomic E-state index is 11.9. The molecule has 0 amide bonds. The third-order valence-electron chi connectivity index (χ3n) is 1.88. The van der Waals surface area contributed by atoms with Gasteiger partial charge in [0, 0.05) is 5.56 Å². The first-order valence-electron chi connectivity index (χ1n) is 4.45. The molecule has 0 radical (unpaired) electrons. The van der Waals surface area contributed by atoms with Crippen LogP contribution in [-0.4, -0.2) is 18.6 Å². The van der Waals surface area contributed by atoms with Gasteiger partial charge in [0.2, 0.25) is 0 Å². The fraction of sp³-hybridized carbons (Fsp3) is 0.400. The lowest BCUT2D eigenvalue weighted by molar-refractivity contribution is -0.274. The lowest BCUT2D eigenvalue weighted by Gasteiger charge is -2.14. The Hall–Kier alpha value is -1.43. The molecule has 0 aliphatic rings. The quantitative estimate of drug-likeness (QED) is 0.876. The summed E-state index contributed by atoms with van der Waals surface area (Å²) in [6, 6.07) is 3.53. The molecule has 0 heterocycles. The Bertz CT molecular complexity index is 361. The molecule has 0 saturated carbocycles. The SMILES string of the molecule is COc1ccc(OC(F)(F)F)cc1[C@H](C)O. The van der Waals surface area contributed by atoms with Gasteiger partial charge >= 0.3 is 6.36 Å². The van der Waals surface area contributed by atoms with E-state index in [2.05, 4.69) is 4.74 Å². The molecule has 90 valence electrons. The van der Waals surface area contributed by atoms with Crippen molar-refractivity contribution in [3.05, 3.63) is 23.8 Å². The molecule has 1 aromatic carbocycles. The zero-order chi connectivity index (χ0) is 12.3. The first kappa shape index (κ1) is 12.6. The topological polar surface area (TPSA) is 38.7 Å². The summed E-state index contributed by atoms with van der Waals surface area (Å²) < 4.78 is 44.4. The average molecular weight is 236 g/mol. The summed E-state index contributed by atoms with van der Waals surface area (Å²) in [4.78, 5) is 0. The van der Waals surface area contributed by atoms with Crippen molar-refractivity contribution in [1.82, 2.24) is 0 Å². The second-order valence-corrected chi connectivity index (χ2v) is 3.13. The summed E-state index contributed by atoms with van der Waals surface area (Å²) in [5.74, 6) is -0.0753. The minimum absolute atomic E-state index is 0.240. The number of rotatable bonds is 3. The molecule has 0 aromatic heterocycles. The first-order chi connectivity index (χ1) is 7.33. The van der Waals surface area contributed by atoms with Crippen LogP contribution in [0.3, 0.4) is 0 Å². The Labute approximate surface area is 90.4 Å². The van der Waals surface area contributed by atoms with Gasteiger partial charge in [-0.15, -0.1) is 13.2 Å². The van der Waals surface area contributed by atoms with E-state index in [9.17, 15) is 18.3 Å². The number of methoxy groups -OCH3 is 1. The normalized spacial score (nSPS) is 13.4. The van der Waals surface area contributed by atoms with Gasteiger partial charge in [-0.3, -0.25) is 0 Å². The molecule has 0 saturated heterocycles. The number of ether oxygens (including phenoxy) is 2. The standard InChI is InChI=1S/C10H11F3O3/c1-6(14)8-5-7(16-10(11,12)13)3-4-9(8)15-2/h3-6,14H,1-2H3/t6-/m0/s1. The highest BCUT2D eigenvalue weighted by molar-refractivity contribution is 5.41. The number of hydrogen-bond donors (Lipinski definition) is 1. The van der Waals surface area contributed by atoms with E-state index in [0.29, 0.717) is 5.75 Å². The van der Waals surface area contributed by atoms with Crippen molar-refractivity contribution in [2.75, 3.05) is 7.11 Å². The van der Waals surface area contributed by atoms with Crippen LogP contribution in [0.15, 0.2) is 18.2 Å². The van der Waals surface area contributed by atoms with Gasteiger partial charge in [0.1, 0.15) is 11.5 Å². The van der Waals surface area contributed by atoms with Crippen LogP contribution in [-0.2, 0) is 0 Å². The van der Waals surface area contributed by atoms with Gasteiger partial charge in [0.15, 0.2) is 0 Å². The highest BCUT2D eigenvalue weighted by atomic mass is 19.4. The lowest BCUT2D eigenvalue weighted by Crippen LogP contribution is -2.17. The van der Waals surface area contributed by atoms with E-state index in [1.807, 2.05) is 0 Å². The third-order valence-corrected chi connectivity index (χ3v) is 1.88. The van der Waals surface area contributed by atoms with Crippen LogP contribution >= 0.6 is 0 Å². The van der Waals surface area contributed by atoms with Crippen molar-refractivity contribution in [2.45, 2.75) is 19.4 Å². The van der Waals surface area contributed by atoms with Gasteiger partial charge in [-0.2, -0.15) is 0 Å². The second kappa shape index (κ2) is 4.61. The van der Waals surface area contributed by atoms with Crippen molar-refractivity contribution >= 4 is 0 Å². The molecule has 1 aromatic rings. The Kier molecular flexibility index (Phi) is 3.64. The van der Waals surface area contributed by atoms with E-state index in [1.165, 1.54) is 20.1 Å². The van der Waals surface area contributed by atoms with E-state index in [0.717, 1.165) is 12.1 Å². The number of hydrogen-bond acceptors (Lipinski definition) is 3. The highest BCUT2D eigenvalue weighted by Gasteiger charge is 2.31. The summed E-state index contributed by atoms with van der Waals surface area (Å²) >= 11 is 0. The van der Waals surface area contributed by atoms with Crippen LogP contribution in [0, 0.1) is 0 Å². The van der Waals surface area contributed by atoms with E-state index >= 15 is 0 Å². The molecule has 3 nitrogen and oxygen atoms in total. The number of aliphatic hydroxyl groups excluding tert-OH is 1. The van der Waals surface area contributed by atoms with Crippen molar-refractivity contribution in [3.63, 3.8) is 0 Å². The molecule has 0 aliphatic carbocycles. The van der Waals surface area contributed by atoms with Crippen LogP contribution in [0.25, 0.3) is 0 Å². The van der Waals surface area contributed by atoms with E-state index in [4.69, 9.17) is 4.74 Å². The van der Waals surface area contributed by atoms with Crippen LogP contribution in [0.2, 0.25) is 0 Å². The molecule has 16 heavy (non-hydrogen) atoms. The Morgan fingerprint density at radius 2 is 1.94 bits per heavy atom. The Balaban J connectivity index is 3.02. The predicted octanol–water partition coefficient (Wildman–Crippen LogP) is 2.65. The molecular weight excluding hydrogens is 225 g/mol. The molecule has 0 spiro atoms. The van der Waals surface area contributed by atoms with Crippen LogP contribution in [0.4, 0.5) is 13.2 Å². The van der Waals surface area contributed by atoms with Gasteiger partial charge in [-0.05, 0) is 25.1 Å². The average Bonchev–Trinajstić information content (AvgIpc) is 2.15. The van der Waals surface area contributed by atoms with Crippen molar-refractivity contribution in [1.29, 1.82) is 0 Å². The molecule has 0 aliphatic heterocycles. The minimum atomic E-state index is -4.75. The van der Waals surface area contributed by atoms with E-state index in [-0.39, 0.29) is 11.3 Å². The fourth-order valence-corrected chi connectivity index (χ4v) is 1.24. The number of aliphatic hydroxyl groups is 1. The molecule has 1 atom stereocenters. The molecule has 1 N–H and O–H groups in total. The van der Waals surface area contributed by atoms with E-state index < -0.39 is 12.5 Å². The fourth-order valence-electron chi connectivity index (χ4n) is 1.24. The number of benzene rings is 1. The molecule has 0 unspecified atom stereocenters. The van der Waals surface area contributed by atoms with Gasteiger partial charge < -0.3 is 14.6 Å². The molecule has 0 fully saturated rings. The summed E-state index contributed by atoms with van der Waals surface area (Å²) in [5, 5.41) is 9.34. The van der Waals surface area contributed by atoms with Crippen LogP contribution in [0.5, 0.6) is 11.5 Å². The molecule has 1 rings (SSSR count). The van der Waals surface area contributed by atoms with Crippen molar-refractivity contribution in [2.24, 2.45) is 0 Å². The number of halogens is 3. The largest absolute Gasteiger partial charge is 0.573 e. The summed E-state index contributed by atoms with van der Waals surface area (Å²) in [5.41, 5.74) is 0.240. The van der Waals surface area contributed by atoms with Gasteiger partial charge in [0.05, 0.1) is 13.2 Å². The zero-order valence-electron chi connectivity index (χ0n) is 8.71. The lowest BCUT2D eigenvalue weighted by atomic mass is 10.1. The monoisotopic (exact) mass is 236 g/mol. The summed E-state index contributed by atoms with van der Waals surface area (Å²) in [7, 11) is 1.37. The Morgan fingerprint density at radius 1 is 1.31 bits per heavy atom. The van der Waals surface area contributed by atoms with Gasteiger partial charge in [-0.1, -0.05) is 0 Å². The van der Waals surface area contributed by atoms with E-state index in [1.54, 1.807) is 0 Å². The smallest absolute Gasteiger partial charge is 0.496 e. The van der Waals surface area contributed by atoms with Crippen molar-refractivity contribution in [3.8, 4) is 11.5 Å².